The third-order valence-electron chi connectivity index (χ3n) is 11.4. The molecule has 6 atom stereocenters. The highest BCUT2D eigenvalue weighted by molar-refractivity contribution is 5.86. The summed E-state index contributed by atoms with van der Waals surface area (Å²) in [6.07, 6.45) is 1.09. The first-order chi connectivity index (χ1) is 28.8. The zero-order valence-electron chi connectivity index (χ0n) is 33.6. The molecule has 8 rings (SSSR count). The molecule has 4 aromatic rings. The molecular formula is C46H50F4N2O8. The Morgan fingerprint density at radius 1 is 0.533 bits per heavy atom. The van der Waals surface area contributed by atoms with Crippen LogP contribution in [0.2, 0.25) is 0 Å². The fourth-order valence-corrected chi connectivity index (χ4v) is 8.20. The zero-order valence-corrected chi connectivity index (χ0v) is 33.6. The number of rotatable bonds is 12. The van der Waals surface area contributed by atoms with Gasteiger partial charge in [-0.25, -0.2) is 17.6 Å². The maximum Gasteiger partial charge on any atom is 0.187 e. The van der Waals surface area contributed by atoms with Crippen LogP contribution in [0.25, 0.3) is 0 Å². The molecule has 0 radical (unpaired) electrons. The van der Waals surface area contributed by atoms with E-state index >= 15 is 0 Å². The lowest BCUT2D eigenvalue weighted by Crippen LogP contribution is -2.45. The molecular weight excluding hydrogens is 785 g/mol. The van der Waals surface area contributed by atoms with Crippen LogP contribution in [0.1, 0.15) is 47.9 Å². The molecule has 10 nitrogen and oxygen atoms in total. The van der Waals surface area contributed by atoms with E-state index in [2.05, 4.69) is 0 Å². The highest BCUT2D eigenvalue weighted by Gasteiger charge is 2.32. The number of nitrogens with zero attached hydrogens (tertiary/aromatic N) is 2. The van der Waals surface area contributed by atoms with Crippen molar-refractivity contribution in [3.05, 3.63) is 118 Å². The van der Waals surface area contributed by atoms with Crippen LogP contribution in [0.15, 0.2) is 72.8 Å². The van der Waals surface area contributed by atoms with Crippen molar-refractivity contribution in [1.82, 2.24) is 9.80 Å². The fourth-order valence-electron chi connectivity index (χ4n) is 8.20. The summed E-state index contributed by atoms with van der Waals surface area (Å²) in [5.41, 5.74) is 3.16. The Morgan fingerprint density at radius 3 is 1.17 bits per heavy atom. The second kappa shape index (κ2) is 19.1. The molecule has 4 aliphatic heterocycles. The van der Waals surface area contributed by atoms with Gasteiger partial charge in [0.05, 0.1) is 13.1 Å². The SMILES string of the molecule is CN(CC(=O)C1CCc2cc(F)ccc2O1)C[C@@H](O)[C@H]1CCc2cc(F)ccc2O1.CN(CC(=O)C1CCc2cc(F)ccc2O1)C[C@@H](O)[C@H]1CCc2cc(F)ccc2O1. The van der Waals surface area contributed by atoms with Crippen molar-refractivity contribution < 1.29 is 56.3 Å². The Kier molecular flexibility index (Phi) is 13.7. The molecule has 320 valence electrons. The summed E-state index contributed by atoms with van der Waals surface area (Å²) in [6, 6.07) is 17.4. The first-order valence-corrected chi connectivity index (χ1v) is 20.4. The normalized spacial score (nSPS) is 21.2. The Hall–Kier alpha value is -5.02. The molecule has 0 spiro atoms. The number of Topliss-reactive ketones (excluding diaryl/α,β-unsaturated/α-hetero) is 2. The van der Waals surface area contributed by atoms with E-state index in [4.69, 9.17) is 18.9 Å². The summed E-state index contributed by atoms with van der Waals surface area (Å²) in [4.78, 5) is 28.8. The highest BCUT2D eigenvalue weighted by Crippen LogP contribution is 2.32. The Bertz CT molecular complexity index is 2020. The van der Waals surface area contributed by atoms with Gasteiger partial charge in [0.2, 0.25) is 0 Å². The van der Waals surface area contributed by atoms with Gasteiger partial charge in [-0.2, -0.15) is 0 Å². The molecule has 0 fully saturated rings. The lowest BCUT2D eigenvalue weighted by Gasteiger charge is -2.32. The molecule has 60 heavy (non-hydrogen) atoms. The minimum absolute atomic E-state index is 0.0786. The van der Waals surface area contributed by atoms with E-state index in [-0.39, 0.29) is 61.0 Å². The van der Waals surface area contributed by atoms with Crippen LogP contribution >= 0.6 is 0 Å². The zero-order chi connectivity index (χ0) is 42.5. The van der Waals surface area contributed by atoms with Gasteiger partial charge in [-0.1, -0.05) is 0 Å². The maximum atomic E-state index is 13.3. The van der Waals surface area contributed by atoms with Crippen molar-refractivity contribution in [2.45, 2.75) is 88.0 Å². The van der Waals surface area contributed by atoms with E-state index in [1.807, 2.05) is 0 Å². The number of hydrogen-bond donors (Lipinski definition) is 2. The van der Waals surface area contributed by atoms with Gasteiger partial charge in [0.1, 0.15) is 70.7 Å². The van der Waals surface area contributed by atoms with Crippen molar-refractivity contribution in [2.24, 2.45) is 0 Å². The highest BCUT2D eigenvalue weighted by atomic mass is 19.1. The number of aliphatic hydroxyl groups is 2. The van der Waals surface area contributed by atoms with Crippen molar-refractivity contribution in [3.8, 4) is 23.0 Å². The summed E-state index contributed by atoms with van der Waals surface area (Å²) in [5.74, 6) is 0.910. The molecule has 0 amide bonds. The maximum absolute atomic E-state index is 13.3. The number of carbonyl (C=O) groups excluding carboxylic acids is 2. The summed E-state index contributed by atoms with van der Waals surface area (Å²) in [5, 5.41) is 21.2. The van der Waals surface area contributed by atoms with Crippen LogP contribution in [-0.4, -0.2) is 108 Å². The van der Waals surface area contributed by atoms with E-state index in [9.17, 15) is 37.4 Å². The number of ether oxygens (including phenoxy) is 4. The molecule has 0 saturated carbocycles. The van der Waals surface area contributed by atoms with Crippen molar-refractivity contribution in [1.29, 1.82) is 0 Å². The summed E-state index contributed by atoms with van der Waals surface area (Å²) in [6.45, 7) is 0.794. The molecule has 0 bridgehead atoms. The molecule has 2 N–H and O–H groups in total. The smallest absolute Gasteiger partial charge is 0.187 e. The van der Waals surface area contributed by atoms with Gasteiger partial charge in [-0.3, -0.25) is 19.4 Å². The number of benzene rings is 4. The van der Waals surface area contributed by atoms with Gasteiger partial charge in [0, 0.05) is 13.1 Å². The van der Waals surface area contributed by atoms with Crippen LogP contribution in [-0.2, 0) is 35.3 Å². The number of likely N-dealkylation sites (N-methyl/N-ethyl adjacent to an activating group) is 2. The third-order valence-corrected chi connectivity index (χ3v) is 11.4. The number of ketones is 2. The minimum Gasteiger partial charge on any atom is -0.487 e. The predicted octanol–water partition coefficient (Wildman–Crippen LogP) is 5.83. The van der Waals surface area contributed by atoms with Gasteiger partial charge in [0.25, 0.3) is 0 Å². The van der Waals surface area contributed by atoms with E-state index < -0.39 is 36.6 Å². The van der Waals surface area contributed by atoms with Crippen molar-refractivity contribution >= 4 is 11.6 Å². The fraction of sp³-hybridized carbons (Fsp3) is 0.435. The van der Waals surface area contributed by atoms with E-state index in [0.717, 1.165) is 22.3 Å². The van der Waals surface area contributed by atoms with Crippen LogP contribution in [0.4, 0.5) is 17.6 Å². The summed E-state index contributed by atoms with van der Waals surface area (Å²) >= 11 is 0. The topological polar surface area (TPSA) is 118 Å². The van der Waals surface area contributed by atoms with Crippen LogP contribution in [0, 0.1) is 23.3 Å². The van der Waals surface area contributed by atoms with Crippen molar-refractivity contribution in [3.63, 3.8) is 0 Å². The standard InChI is InChI=1S/2C23H25F2NO4/c2*1-26(12-18(27)22-6-2-14-10-16(24)4-8-20(14)29-22)13-19(28)23-7-3-15-11-17(25)5-9-21(15)30-23/h2*4-5,8-11,18,22-23,27H,2-3,6-7,12-13H2,1H3/t2*18-,22-,23?/m11/s1. The largest absolute Gasteiger partial charge is 0.487 e. The van der Waals surface area contributed by atoms with Gasteiger partial charge < -0.3 is 29.2 Å². The summed E-state index contributed by atoms with van der Waals surface area (Å²) < 4.78 is 76.5. The average Bonchev–Trinajstić information content (AvgIpc) is 3.22. The van der Waals surface area contributed by atoms with Crippen LogP contribution in [0.3, 0.4) is 0 Å². The summed E-state index contributed by atoms with van der Waals surface area (Å²) in [7, 11) is 3.53. The van der Waals surface area contributed by atoms with E-state index in [1.165, 1.54) is 48.5 Å². The number of fused-ring (bicyclic) bond motifs is 4. The molecule has 4 aliphatic rings. The number of hydrogen-bond acceptors (Lipinski definition) is 10. The predicted molar refractivity (Wildman–Crippen MR) is 214 cm³/mol. The first-order valence-electron chi connectivity index (χ1n) is 20.4. The molecule has 0 aliphatic carbocycles. The number of halogens is 4. The quantitative estimate of drug-likeness (QED) is 0.169. The number of aliphatic hydroxyl groups excluding tert-OH is 2. The van der Waals surface area contributed by atoms with E-state index in [1.54, 1.807) is 48.2 Å². The van der Waals surface area contributed by atoms with Crippen LogP contribution < -0.4 is 18.9 Å². The molecule has 0 aromatic heterocycles. The Morgan fingerprint density at radius 2 is 0.833 bits per heavy atom. The Labute approximate surface area is 346 Å². The average molecular weight is 835 g/mol. The Balaban J connectivity index is 0.000000181. The second-order valence-electron chi connectivity index (χ2n) is 16.1. The van der Waals surface area contributed by atoms with Crippen LogP contribution in [0.5, 0.6) is 23.0 Å². The molecule has 4 heterocycles. The van der Waals surface area contributed by atoms with E-state index in [0.29, 0.717) is 74.4 Å². The minimum atomic E-state index is -0.781. The van der Waals surface area contributed by atoms with Crippen molar-refractivity contribution in [2.75, 3.05) is 40.3 Å². The van der Waals surface area contributed by atoms with Gasteiger partial charge >= 0.3 is 0 Å². The third kappa shape index (κ3) is 10.8. The molecule has 0 saturated heterocycles. The lowest BCUT2D eigenvalue weighted by molar-refractivity contribution is -0.128. The molecule has 4 aromatic carbocycles. The lowest BCUT2D eigenvalue weighted by atomic mass is 9.98. The second-order valence-corrected chi connectivity index (χ2v) is 16.1. The van der Waals surface area contributed by atoms with Gasteiger partial charge in [0.15, 0.2) is 23.8 Å². The van der Waals surface area contributed by atoms with Gasteiger partial charge in [-0.15, -0.1) is 0 Å². The van der Waals surface area contributed by atoms with Gasteiger partial charge in [-0.05, 0) is 161 Å². The monoisotopic (exact) mass is 834 g/mol. The molecule has 2 unspecified atom stereocenters. The molecule has 14 heteroatoms. The number of aryl methyl sites for hydroxylation is 4. The first kappa shape index (κ1) is 43.1. The number of carbonyl (C=O) groups is 2.